The van der Waals surface area contributed by atoms with Crippen molar-refractivity contribution < 1.29 is 4.74 Å². The van der Waals surface area contributed by atoms with Crippen molar-refractivity contribution in [1.82, 2.24) is 0 Å². The lowest BCUT2D eigenvalue weighted by Gasteiger charge is -2.12. The van der Waals surface area contributed by atoms with Crippen molar-refractivity contribution in [2.24, 2.45) is 0 Å². The van der Waals surface area contributed by atoms with Gasteiger partial charge in [0.25, 0.3) is 0 Å². The number of benzene rings is 1. The maximum atomic E-state index is 9.01. The van der Waals surface area contributed by atoms with E-state index < -0.39 is 0 Å². The Balaban J connectivity index is 2.64. The van der Waals surface area contributed by atoms with Gasteiger partial charge in [0.15, 0.2) is 0 Å². The van der Waals surface area contributed by atoms with E-state index in [1.54, 1.807) is 0 Å². The molecule has 0 radical (unpaired) electrons. The third kappa shape index (κ3) is 1.26. The van der Waals surface area contributed by atoms with Crippen LogP contribution in [0.1, 0.15) is 36.5 Å². The van der Waals surface area contributed by atoms with E-state index in [4.69, 9.17) is 10.00 Å². The molecule has 0 saturated carbocycles. The van der Waals surface area contributed by atoms with Gasteiger partial charge in [-0.3, -0.25) is 0 Å². The predicted octanol–water partition coefficient (Wildman–Crippen LogP) is 2.62. The fourth-order valence-corrected chi connectivity index (χ4v) is 2.06. The number of fused-ring (bicyclic) bond motifs is 1. The number of ether oxygens (including phenoxy) is 1. The average molecular weight is 187 g/mol. The Hall–Kier alpha value is -1.49. The number of hydrogen-bond donors (Lipinski definition) is 0. The van der Waals surface area contributed by atoms with Crippen LogP contribution < -0.4 is 4.74 Å². The van der Waals surface area contributed by atoms with Crippen LogP contribution in [0.25, 0.3) is 0 Å². The summed E-state index contributed by atoms with van der Waals surface area (Å²) in [5, 5.41) is 9.01. The first-order valence-corrected chi connectivity index (χ1v) is 4.92. The molecule has 2 nitrogen and oxygen atoms in total. The fourth-order valence-electron chi connectivity index (χ4n) is 2.06. The third-order valence-corrected chi connectivity index (χ3v) is 2.62. The molecule has 0 bridgehead atoms. The van der Waals surface area contributed by atoms with Crippen LogP contribution >= 0.6 is 0 Å². The number of nitrogens with zero attached hydrogens (tertiary/aromatic N) is 1. The van der Waals surface area contributed by atoms with Crippen LogP contribution in [0.2, 0.25) is 0 Å². The first kappa shape index (κ1) is 9.08. The second-order valence-electron chi connectivity index (χ2n) is 3.87. The molecule has 1 aliphatic heterocycles. The van der Waals surface area contributed by atoms with Crippen LogP contribution in [-0.2, 0) is 6.42 Å². The Labute approximate surface area is 84.1 Å². The SMILES string of the molecule is CC(C)c1c(C#N)ccc2c1CCO2. The Kier molecular flexibility index (Phi) is 2.17. The molecular formula is C12H13NO. The van der Waals surface area contributed by atoms with E-state index in [1.165, 1.54) is 11.1 Å². The molecule has 2 heteroatoms. The van der Waals surface area contributed by atoms with E-state index >= 15 is 0 Å². The molecule has 72 valence electrons. The van der Waals surface area contributed by atoms with Crippen molar-refractivity contribution in [1.29, 1.82) is 5.26 Å². The Morgan fingerprint density at radius 3 is 2.86 bits per heavy atom. The van der Waals surface area contributed by atoms with E-state index in [2.05, 4.69) is 19.9 Å². The third-order valence-electron chi connectivity index (χ3n) is 2.62. The number of nitriles is 1. The lowest BCUT2D eigenvalue weighted by Crippen LogP contribution is -1.98. The summed E-state index contributed by atoms with van der Waals surface area (Å²) in [5.41, 5.74) is 3.20. The Bertz CT molecular complexity index is 402. The molecule has 0 aromatic heterocycles. The second-order valence-corrected chi connectivity index (χ2v) is 3.87. The molecule has 14 heavy (non-hydrogen) atoms. The second kappa shape index (κ2) is 3.34. The fraction of sp³-hybridized carbons (Fsp3) is 0.417. The highest BCUT2D eigenvalue weighted by Gasteiger charge is 2.20. The topological polar surface area (TPSA) is 33.0 Å². The minimum absolute atomic E-state index is 0.390. The van der Waals surface area contributed by atoms with Crippen LogP contribution in [-0.4, -0.2) is 6.61 Å². The summed E-state index contributed by atoms with van der Waals surface area (Å²) in [6, 6.07) is 6.02. The molecule has 0 aliphatic carbocycles. The summed E-state index contributed by atoms with van der Waals surface area (Å²) < 4.78 is 5.48. The van der Waals surface area contributed by atoms with E-state index in [0.29, 0.717) is 5.92 Å². The van der Waals surface area contributed by atoms with Gasteiger partial charge in [0.2, 0.25) is 0 Å². The molecule has 0 saturated heterocycles. The van der Waals surface area contributed by atoms with Gasteiger partial charge < -0.3 is 4.74 Å². The van der Waals surface area contributed by atoms with Crippen molar-refractivity contribution in [3.63, 3.8) is 0 Å². The summed E-state index contributed by atoms with van der Waals surface area (Å²) in [6.45, 7) is 4.99. The number of rotatable bonds is 1. The van der Waals surface area contributed by atoms with Gasteiger partial charge in [0, 0.05) is 12.0 Å². The highest BCUT2D eigenvalue weighted by atomic mass is 16.5. The molecule has 0 fully saturated rings. The zero-order valence-corrected chi connectivity index (χ0v) is 8.50. The molecule has 0 spiro atoms. The molecule has 0 amide bonds. The van der Waals surface area contributed by atoms with Crippen LogP contribution in [0.3, 0.4) is 0 Å². The smallest absolute Gasteiger partial charge is 0.122 e. The Morgan fingerprint density at radius 2 is 2.21 bits per heavy atom. The highest BCUT2D eigenvalue weighted by Crippen LogP contribution is 2.34. The lowest BCUT2D eigenvalue weighted by atomic mass is 9.91. The van der Waals surface area contributed by atoms with Gasteiger partial charge in [0.05, 0.1) is 18.2 Å². The zero-order valence-electron chi connectivity index (χ0n) is 8.50. The summed E-state index contributed by atoms with van der Waals surface area (Å²) in [7, 11) is 0. The molecule has 1 heterocycles. The molecule has 0 N–H and O–H groups in total. The van der Waals surface area contributed by atoms with E-state index in [-0.39, 0.29) is 0 Å². The summed E-state index contributed by atoms with van der Waals surface area (Å²) in [4.78, 5) is 0. The maximum Gasteiger partial charge on any atom is 0.122 e. The average Bonchev–Trinajstić information content (AvgIpc) is 2.62. The number of hydrogen-bond acceptors (Lipinski definition) is 2. The molecular weight excluding hydrogens is 174 g/mol. The van der Waals surface area contributed by atoms with Crippen LogP contribution in [0, 0.1) is 11.3 Å². The minimum Gasteiger partial charge on any atom is -0.493 e. The van der Waals surface area contributed by atoms with Gasteiger partial charge in [-0.15, -0.1) is 0 Å². The van der Waals surface area contributed by atoms with Gasteiger partial charge in [-0.25, -0.2) is 0 Å². The van der Waals surface area contributed by atoms with E-state index in [1.807, 2.05) is 12.1 Å². The van der Waals surface area contributed by atoms with Crippen LogP contribution in [0.15, 0.2) is 12.1 Å². The molecule has 0 atom stereocenters. The van der Waals surface area contributed by atoms with Crippen molar-refractivity contribution in [3.05, 3.63) is 28.8 Å². The molecule has 1 aromatic rings. The van der Waals surface area contributed by atoms with Gasteiger partial charge in [0.1, 0.15) is 5.75 Å². The molecule has 2 rings (SSSR count). The van der Waals surface area contributed by atoms with Crippen molar-refractivity contribution in [2.75, 3.05) is 6.61 Å². The summed E-state index contributed by atoms with van der Waals surface area (Å²) in [5.74, 6) is 1.36. The normalized spacial score (nSPS) is 13.6. The molecule has 0 unspecified atom stereocenters. The highest BCUT2D eigenvalue weighted by molar-refractivity contribution is 5.52. The minimum atomic E-state index is 0.390. The van der Waals surface area contributed by atoms with Crippen LogP contribution in [0.4, 0.5) is 0 Å². The molecule has 1 aliphatic rings. The van der Waals surface area contributed by atoms with Crippen molar-refractivity contribution >= 4 is 0 Å². The standard InChI is InChI=1S/C12H13NO/c1-8(2)12-9(7-13)3-4-11-10(12)5-6-14-11/h3-4,8H,5-6H2,1-2H3. The van der Waals surface area contributed by atoms with Crippen LogP contribution in [0.5, 0.6) is 5.75 Å². The van der Waals surface area contributed by atoms with E-state index in [0.717, 1.165) is 24.3 Å². The lowest BCUT2D eigenvalue weighted by molar-refractivity contribution is 0.357. The quantitative estimate of drug-likeness (QED) is 0.677. The van der Waals surface area contributed by atoms with Gasteiger partial charge in [-0.1, -0.05) is 13.8 Å². The Morgan fingerprint density at radius 1 is 1.43 bits per heavy atom. The predicted molar refractivity (Wildman–Crippen MR) is 54.4 cm³/mol. The van der Waals surface area contributed by atoms with Gasteiger partial charge in [-0.2, -0.15) is 5.26 Å². The molecule has 1 aromatic carbocycles. The summed E-state index contributed by atoms with van der Waals surface area (Å²) >= 11 is 0. The van der Waals surface area contributed by atoms with Crippen molar-refractivity contribution in [2.45, 2.75) is 26.2 Å². The van der Waals surface area contributed by atoms with Gasteiger partial charge >= 0.3 is 0 Å². The zero-order chi connectivity index (χ0) is 10.1. The summed E-state index contributed by atoms with van der Waals surface area (Å²) in [6.07, 6.45) is 0.943. The van der Waals surface area contributed by atoms with Gasteiger partial charge in [-0.05, 0) is 23.6 Å². The first-order valence-electron chi connectivity index (χ1n) is 4.92. The van der Waals surface area contributed by atoms with E-state index in [9.17, 15) is 0 Å². The largest absolute Gasteiger partial charge is 0.493 e. The maximum absolute atomic E-state index is 9.01. The monoisotopic (exact) mass is 187 g/mol. The first-order chi connectivity index (χ1) is 6.74. The van der Waals surface area contributed by atoms with Crippen molar-refractivity contribution in [3.8, 4) is 11.8 Å².